The molecule has 0 aliphatic rings. The summed E-state index contributed by atoms with van der Waals surface area (Å²) in [6, 6.07) is 10.3. The monoisotopic (exact) mass is 386 g/mol. The molecule has 0 bridgehead atoms. The number of aryl methyl sites for hydroxylation is 1. The van der Waals surface area contributed by atoms with Crippen LogP contribution in [0.4, 0.5) is 11.4 Å². The molecular weight excluding hydrogens is 364 g/mol. The molecule has 0 aliphatic heterocycles. The van der Waals surface area contributed by atoms with Gasteiger partial charge in [-0.2, -0.15) is 0 Å². The standard InChI is InChI=1S/C20H22N2O2S2/c1-4-15-17(21)16(19(26-15)20(23)24-5-2)12-6-8-13(9-7-12)18-14(22-3)10-11-25-18/h6-11,22H,4-5,21H2,1-3H3. The zero-order chi connectivity index (χ0) is 18.7. The van der Waals surface area contributed by atoms with E-state index in [0.29, 0.717) is 17.2 Å². The number of nitrogens with one attached hydrogen (secondary N) is 1. The fourth-order valence-corrected chi connectivity index (χ4v) is 4.88. The van der Waals surface area contributed by atoms with Crippen molar-refractivity contribution < 1.29 is 9.53 Å². The van der Waals surface area contributed by atoms with Gasteiger partial charge in [0.25, 0.3) is 0 Å². The topological polar surface area (TPSA) is 64.3 Å². The number of carbonyl (C=O) groups is 1. The number of hydrogen-bond donors (Lipinski definition) is 2. The second-order valence-corrected chi connectivity index (χ2v) is 7.73. The van der Waals surface area contributed by atoms with Crippen LogP contribution in [-0.2, 0) is 11.2 Å². The third-order valence-corrected chi connectivity index (χ3v) is 6.47. The van der Waals surface area contributed by atoms with Crippen molar-refractivity contribution in [2.24, 2.45) is 0 Å². The van der Waals surface area contributed by atoms with Crippen LogP contribution in [0.25, 0.3) is 21.6 Å². The summed E-state index contributed by atoms with van der Waals surface area (Å²) < 4.78 is 5.23. The number of anilines is 2. The second kappa shape index (κ2) is 7.93. The Balaban J connectivity index is 2.04. The van der Waals surface area contributed by atoms with E-state index in [0.717, 1.165) is 33.7 Å². The average molecular weight is 387 g/mol. The largest absolute Gasteiger partial charge is 0.462 e. The Morgan fingerprint density at radius 2 is 1.85 bits per heavy atom. The Labute approximate surface area is 161 Å². The van der Waals surface area contributed by atoms with Gasteiger partial charge in [0, 0.05) is 17.5 Å². The van der Waals surface area contributed by atoms with E-state index < -0.39 is 0 Å². The number of carbonyl (C=O) groups excluding carboxylic acids is 1. The molecule has 0 radical (unpaired) electrons. The van der Waals surface area contributed by atoms with E-state index in [1.807, 2.05) is 33.0 Å². The number of thiophene rings is 2. The van der Waals surface area contributed by atoms with Crippen molar-refractivity contribution in [3.05, 3.63) is 45.5 Å². The summed E-state index contributed by atoms with van der Waals surface area (Å²) in [6.45, 7) is 4.20. The molecule has 2 heterocycles. The summed E-state index contributed by atoms with van der Waals surface area (Å²) in [7, 11) is 1.92. The fourth-order valence-electron chi connectivity index (χ4n) is 2.90. The molecule has 0 fully saturated rings. The third kappa shape index (κ3) is 3.34. The zero-order valence-corrected chi connectivity index (χ0v) is 16.7. The lowest BCUT2D eigenvalue weighted by molar-refractivity contribution is 0.0533. The Bertz CT molecular complexity index is 911. The van der Waals surface area contributed by atoms with Gasteiger partial charge >= 0.3 is 5.97 Å². The second-order valence-electron chi connectivity index (χ2n) is 5.71. The van der Waals surface area contributed by atoms with Crippen molar-refractivity contribution >= 4 is 40.0 Å². The number of ether oxygens (including phenoxy) is 1. The minimum absolute atomic E-state index is 0.307. The highest BCUT2D eigenvalue weighted by Crippen LogP contribution is 2.41. The molecule has 26 heavy (non-hydrogen) atoms. The molecule has 2 aromatic heterocycles. The first-order valence-electron chi connectivity index (χ1n) is 8.54. The minimum Gasteiger partial charge on any atom is -0.462 e. The molecule has 0 aliphatic carbocycles. The molecule has 0 unspecified atom stereocenters. The summed E-state index contributed by atoms with van der Waals surface area (Å²) in [5, 5.41) is 5.28. The van der Waals surface area contributed by atoms with Crippen LogP contribution in [0.2, 0.25) is 0 Å². The lowest BCUT2D eigenvalue weighted by Crippen LogP contribution is -2.04. The molecule has 3 N–H and O–H groups in total. The van der Waals surface area contributed by atoms with Gasteiger partial charge in [0.2, 0.25) is 0 Å². The van der Waals surface area contributed by atoms with Gasteiger partial charge in [-0.25, -0.2) is 4.79 Å². The highest BCUT2D eigenvalue weighted by atomic mass is 32.1. The summed E-state index contributed by atoms with van der Waals surface area (Å²) in [5.41, 5.74) is 11.0. The van der Waals surface area contributed by atoms with Gasteiger partial charge in [-0.15, -0.1) is 22.7 Å². The van der Waals surface area contributed by atoms with Gasteiger partial charge in [-0.05, 0) is 35.9 Å². The molecular formula is C20H22N2O2S2. The number of esters is 1. The van der Waals surface area contributed by atoms with Crippen molar-refractivity contribution in [2.75, 3.05) is 24.7 Å². The lowest BCUT2D eigenvalue weighted by atomic mass is 10.0. The summed E-state index contributed by atoms with van der Waals surface area (Å²) in [4.78, 5) is 15.2. The molecule has 136 valence electrons. The smallest absolute Gasteiger partial charge is 0.349 e. The maximum absolute atomic E-state index is 12.4. The van der Waals surface area contributed by atoms with Gasteiger partial charge < -0.3 is 15.8 Å². The van der Waals surface area contributed by atoms with E-state index in [-0.39, 0.29) is 5.97 Å². The summed E-state index contributed by atoms with van der Waals surface area (Å²) in [5.74, 6) is -0.307. The van der Waals surface area contributed by atoms with Crippen LogP contribution in [-0.4, -0.2) is 19.6 Å². The molecule has 0 atom stereocenters. The summed E-state index contributed by atoms with van der Waals surface area (Å²) in [6.07, 6.45) is 0.793. The maximum Gasteiger partial charge on any atom is 0.349 e. The molecule has 3 aromatic rings. The van der Waals surface area contributed by atoms with Crippen LogP contribution in [0.1, 0.15) is 28.4 Å². The highest BCUT2D eigenvalue weighted by Gasteiger charge is 2.23. The van der Waals surface area contributed by atoms with Crippen molar-refractivity contribution in [3.63, 3.8) is 0 Å². The van der Waals surface area contributed by atoms with Gasteiger partial charge in [-0.3, -0.25) is 0 Å². The maximum atomic E-state index is 12.4. The zero-order valence-electron chi connectivity index (χ0n) is 15.1. The SMILES string of the molecule is CCOC(=O)c1sc(CC)c(N)c1-c1ccc(-c2sccc2NC)cc1. The molecule has 6 heteroatoms. The van der Waals surface area contributed by atoms with Crippen molar-refractivity contribution in [3.8, 4) is 21.6 Å². The van der Waals surface area contributed by atoms with Gasteiger partial charge in [0.15, 0.2) is 0 Å². The Kier molecular flexibility index (Phi) is 5.64. The van der Waals surface area contributed by atoms with Gasteiger partial charge in [0.1, 0.15) is 4.88 Å². The van der Waals surface area contributed by atoms with Crippen LogP contribution >= 0.6 is 22.7 Å². The van der Waals surface area contributed by atoms with Crippen molar-refractivity contribution in [1.29, 1.82) is 0 Å². The highest BCUT2D eigenvalue weighted by molar-refractivity contribution is 7.15. The summed E-state index contributed by atoms with van der Waals surface area (Å²) >= 11 is 3.12. The molecule has 0 spiro atoms. The van der Waals surface area contributed by atoms with Crippen LogP contribution < -0.4 is 11.1 Å². The number of rotatable bonds is 6. The minimum atomic E-state index is -0.307. The molecule has 1 aromatic carbocycles. The van der Waals surface area contributed by atoms with E-state index in [4.69, 9.17) is 10.5 Å². The third-order valence-electron chi connectivity index (χ3n) is 4.17. The van der Waals surface area contributed by atoms with Crippen LogP contribution in [0.3, 0.4) is 0 Å². The first-order chi connectivity index (χ1) is 12.6. The molecule has 3 rings (SSSR count). The Morgan fingerprint density at radius 1 is 1.15 bits per heavy atom. The first kappa shape index (κ1) is 18.5. The average Bonchev–Trinajstić information content (AvgIpc) is 3.26. The van der Waals surface area contributed by atoms with Crippen LogP contribution in [0, 0.1) is 0 Å². The lowest BCUT2D eigenvalue weighted by Gasteiger charge is -2.08. The first-order valence-corrected chi connectivity index (χ1v) is 10.2. The number of benzene rings is 1. The number of nitrogen functional groups attached to an aromatic ring is 1. The van der Waals surface area contributed by atoms with E-state index in [9.17, 15) is 4.79 Å². The van der Waals surface area contributed by atoms with E-state index in [1.54, 1.807) is 11.3 Å². The molecule has 0 saturated carbocycles. The fraction of sp³-hybridized carbons (Fsp3) is 0.250. The number of hydrogen-bond acceptors (Lipinski definition) is 6. The predicted octanol–water partition coefficient (Wildman–Crippen LogP) is 5.51. The van der Waals surface area contributed by atoms with Crippen molar-refractivity contribution in [1.82, 2.24) is 0 Å². The predicted molar refractivity (Wildman–Crippen MR) is 112 cm³/mol. The van der Waals surface area contributed by atoms with Gasteiger partial charge in [0.05, 0.1) is 22.9 Å². The van der Waals surface area contributed by atoms with Crippen LogP contribution in [0.15, 0.2) is 35.7 Å². The molecule has 0 amide bonds. The van der Waals surface area contributed by atoms with Crippen molar-refractivity contribution in [2.45, 2.75) is 20.3 Å². The molecule has 0 saturated heterocycles. The number of nitrogens with two attached hydrogens (primary N) is 1. The Hall–Kier alpha value is -2.31. The van der Waals surface area contributed by atoms with Gasteiger partial charge in [-0.1, -0.05) is 31.2 Å². The van der Waals surface area contributed by atoms with E-state index in [1.165, 1.54) is 16.2 Å². The quantitative estimate of drug-likeness (QED) is 0.549. The van der Waals surface area contributed by atoms with E-state index >= 15 is 0 Å². The normalized spacial score (nSPS) is 10.7. The molecule has 4 nitrogen and oxygen atoms in total. The van der Waals surface area contributed by atoms with Crippen LogP contribution in [0.5, 0.6) is 0 Å². The van der Waals surface area contributed by atoms with E-state index in [2.05, 4.69) is 28.9 Å². The Morgan fingerprint density at radius 3 is 2.46 bits per heavy atom.